The molecule has 0 atom stereocenters. The Kier molecular flexibility index (Phi) is 2.55. The molecule has 0 saturated heterocycles. The molecule has 0 bridgehead atoms. The van der Waals surface area contributed by atoms with Crippen molar-refractivity contribution in [3.63, 3.8) is 0 Å². The van der Waals surface area contributed by atoms with Gasteiger partial charge in [-0.2, -0.15) is 5.10 Å². The van der Waals surface area contributed by atoms with Gasteiger partial charge in [-0.3, -0.25) is 0 Å². The Hall–Kier alpha value is -2.23. The van der Waals surface area contributed by atoms with Crippen molar-refractivity contribution < 1.29 is 0 Å². The lowest BCUT2D eigenvalue weighted by molar-refractivity contribution is 0.875. The van der Waals surface area contributed by atoms with E-state index >= 15 is 0 Å². The summed E-state index contributed by atoms with van der Waals surface area (Å²) in [5, 5.41) is 4.40. The molecule has 0 aliphatic heterocycles. The number of pyridine rings is 1. The highest BCUT2D eigenvalue weighted by Crippen LogP contribution is 2.23. The lowest BCUT2D eigenvalue weighted by Gasteiger charge is -2.04. The Balaban J connectivity index is 2.13. The summed E-state index contributed by atoms with van der Waals surface area (Å²) in [5.74, 6) is 0.479. The summed E-state index contributed by atoms with van der Waals surface area (Å²) in [5.41, 5.74) is 4.38. The van der Waals surface area contributed by atoms with Gasteiger partial charge >= 0.3 is 0 Å². The predicted molar refractivity (Wildman–Crippen MR) is 70.3 cm³/mol. The molecule has 0 amide bonds. The van der Waals surface area contributed by atoms with Crippen LogP contribution in [0.3, 0.4) is 0 Å². The third-order valence-corrected chi connectivity index (χ3v) is 3.05. The fourth-order valence-electron chi connectivity index (χ4n) is 2.06. The zero-order valence-electron chi connectivity index (χ0n) is 10.4. The van der Waals surface area contributed by atoms with E-state index in [2.05, 4.69) is 41.0 Å². The van der Waals surface area contributed by atoms with Crippen LogP contribution in [0.5, 0.6) is 0 Å². The lowest BCUT2D eigenvalue weighted by atomic mass is 10.1. The second-order valence-electron chi connectivity index (χ2n) is 4.60. The van der Waals surface area contributed by atoms with E-state index in [1.807, 2.05) is 23.0 Å². The van der Waals surface area contributed by atoms with Crippen LogP contribution in [-0.2, 0) is 0 Å². The molecule has 3 heterocycles. The molecule has 18 heavy (non-hydrogen) atoms. The van der Waals surface area contributed by atoms with Gasteiger partial charge in [0.15, 0.2) is 0 Å². The van der Waals surface area contributed by atoms with Gasteiger partial charge in [-0.1, -0.05) is 13.8 Å². The number of rotatable bonds is 2. The van der Waals surface area contributed by atoms with Crippen molar-refractivity contribution in [2.24, 2.45) is 0 Å². The van der Waals surface area contributed by atoms with E-state index in [0.29, 0.717) is 5.92 Å². The second kappa shape index (κ2) is 4.22. The first-order valence-corrected chi connectivity index (χ1v) is 5.99. The average Bonchev–Trinajstić information content (AvgIpc) is 2.82. The number of fused-ring (bicyclic) bond motifs is 1. The van der Waals surface area contributed by atoms with Crippen LogP contribution >= 0.6 is 0 Å². The minimum absolute atomic E-state index is 0.479. The fourth-order valence-corrected chi connectivity index (χ4v) is 2.06. The van der Waals surface area contributed by atoms with E-state index in [9.17, 15) is 0 Å². The van der Waals surface area contributed by atoms with Crippen LogP contribution in [0.25, 0.3) is 16.8 Å². The first-order chi connectivity index (χ1) is 8.75. The molecule has 3 aromatic heterocycles. The third-order valence-electron chi connectivity index (χ3n) is 3.05. The van der Waals surface area contributed by atoms with Gasteiger partial charge in [0.2, 0.25) is 0 Å². The van der Waals surface area contributed by atoms with Crippen molar-refractivity contribution in [1.29, 1.82) is 0 Å². The Bertz CT molecular complexity index is 671. The SMILES string of the molecule is CC(C)c1cnn2cc(-c3ccncn3)ccc12. The van der Waals surface area contributed by atoms with Gasteiger partial charge in [0.25, 0.3) is 0 Å². The Morgan fingerprint density at radius 1 is 1.17 bits per heavy atom. The van der Waals surface area contributed by atoms with Crippen LogP contribution in [0, 0.1) is 0 Å². The highest BCUT2D eigenvalue weighted by molar-refractivity contribution is 5.64. The van der Waals surface area contributed by atoms with Crippen LogP contribution < -0.4 is 0 Å². The van der Waals surface area contributed by atoms with E-state index < -0.39 is 0 Å². The number of hydrogen-bond donors (Lipinski definition) is 0. The topological polar surface area (TPSA) is 43.1 Å². The van der Waals surface area contributed by atoms with Gasteiger partial charge < -0.3 is 0 Å². The summed E-state index contributed by atoms with van der Waals surface area (Å²) >= 11 is 0. The minimum Gasteiger partial charge on any atom is -0.245 e. The van der Waals surface area contributed by atoms with Gasteiger partial charge in [-0.25, -0.2) is 14.5 Å². The first kappa shape index (κ1) is 10.9. The summed E-state index contributed by atoms with van der Waals surface area (Å²) in [6.45, 7) is 4.35. The van der Waals surface area contributed by atoms with Crippen molar-refractivity contribution in [3.05, 3.63) is 48.7 Å². The summed E-state index contributed by atoms with van der Waals surface area (Å²) in [6, 6.07) is 6.07. The van der Waals surface area contributed by atoms with E-state index in [0.717, 1.165) is 16.8 Å². The highest BCUT2D eigenvalue weighted by Gasteiger charge is 2.08. The van der Waals surface area contributed by atoms with Gasteiger partial charge in [0.05, 0.1) is 17.4 Å². The first-order valence-electron chi connectivity index (χ1n) is 5.99. The largest absolute Gasteiger partial charge is 0.245 e. The van der Waals surface area contributed by atoms with E-state index in [-0.39, 0.29) is 0 Å². The molecule has 0 spiro atoms. The van der Waals surface area contributed by atoms with E-state index in [1.165, 1.54) is 5.56 Å². The summed E-state index contributed by atoms with van der Waals surface area (Å²) in [6.07, 6.45) is 7.24. The zero-order valence-corrected chi connectivity index (χ0v) is 10.4. The molecule has 0 aromatic carbocycles. The third kappa shape index (κ3) is 1.76. The molecule has 0 radical (unpaired) electrons. The van der Waals surface area contributed by atoms with Gasteiger partial charge in [-0.15, -0.1) is 0 Å². The molecule has 0 saturated carbocycles. The van der Waals surface area contributed by atoms with Crippen LogP contribution in [0.4, 0.5) is 0 Å². The van der Waals surface area contributed by atoms with E-state index in [1.54, 1.807) is 12.5 Å². The molecule has 0 N–H and O–H groups in total. The summed E-state index contributed by atoms with van der Waals surface area (Å²) < 4.78 is 1.91. The molecular formula is C14H14N4. The van der Waals surface area contributed by atoms with Gasteiger partial charge in [0, 0.05) is 23.5 Å². The molecular weight excluding hydrogens is 224 g/mol. The minimum atomic E-state index is 0.479. The average molecular weight is 238 g/mol. The van der Waals surface area contributed by atoms with Crippen molar-refractivity contribution in [3.8, 4) is 11.3 Å². The fraction of sp³-hybridized carbons (Fsp3) is 0.214. The molecule has 3 rings (SSSR count). The van der Waals surface area contributed by atoms with Crippen molar-refractivity contribution in [2.45, 2.75) is 19.8 Å². The van der Waals surface area contributed by atoms with Crippen molar-refractivity contribution >= 4 is 5.52 Å². The maximum atomic E-state index is 4.40. The molecule has 90 valence electrons. The van der Waals surface area contributed by atoms with E-state index in [4.69, 9.17) is 0 Å². The van der Waals surface area contributed by atoms with Crippen LogP contribution in [0.1, 0.15) is 25.3 Å². The second-order valence-corrected chi connectivity index (χ2v) is 4.60. The smallest absolute Gasteiger partial charge is 0.116 e. The maximum absolute atomic E-state index is 4.40. The molecule has 0 unspecified atom stereocenters. The number of hydrogen-bond acceptors (Lipinski definition) is 3. The van der Waals surface area contributed by atoms with Crippen molar-refractivity contribution in [2.75, 3.05) is 0 Å². The zero-order chi connectivity index (χ0) is 12.5. The predicted octanol–water partition coefficient (Wildman–Crippen LogP) is 2.91. The van der Waals surface area contributed by atoms with Crippen molar-refractivity contribution in [1.82, 2.24) is 19.6 Å². The van der Waals surface area contributed by atoms with Gasteiger partial charge in [-0.05, 0) is 24.1 Å². The van der Waals surface area contributed by atoms with Crippen LogP contribution in [0.15, 0.2) is 43.1 Å². The van der Waals surface area contributed by atoms with Crippen LogP contribution in [0.2, 0.25) is 0 Å². The molecule has 0 aliphatic carbocycles. The van der Waals surface area contributed by atoms with Gasteiger partial charge in [0.1, 0.15) is 6.33 Å². The molecule has 4 heteroatoms. The lowest BCUT2D eigenvalue weighted by Crippen LogP contribution is -1.91. The molecule has 3 aromatic rings. The quantitative estimate of drug-likeness (QED) is 0.689. The number of aromatic nitrogens is 4. The Labute approximate surface area is 105 Å². The maximum Gasteiger partial charge on any atom is 0.116 e. The summed E-state index contributed by atoms with van der Waals surface area (Å²) in [4.78, 5) is 8.17. The summed E-state index contributed by atoms with van der Waals surface area (Å²) in [7, 11) is 0. The Morgan fingerprint density at radius 2 is 2.06 bits per heavy atom. The monoisotopic (exact) mass is 238 g/mol. The Morgan fingerprint density at radius 3 is 2.78 bits per heavy atom. The van der Waals surface area contributed by atoms with Crippen LogP contribution in [-0.4, -0.2) is 19.6 Å². The standard InChI is InChI=1S/C14H14N4/c1-10(2)12-7-17-18-8-11(3-4-14(12)18)13-5-6-15-9-16-13/h3-10H,1-2H3. The molecule has 4 nitrogen and oxygen atoms in total. The molecule has 0 aliphatic rings. The highest BCUT2D eigenvalue weighted by atomic mass is 15.2. The number of nitrogens with zero attached hydrogens (tertiary/aromatic N) is 4. The molecule has 0 fully saturated rings. The normalized spacial score (nSPS) is 11.3.